The van der Waals surface area contributed by atoms with Crippen LogP contribution in [0.15, 0.2) is 48.5 Å². The summed E-state index contributed by atoms with van der Waals surface area (Å²) >= 11 is 0. The second-order valence-corrected chi connectivity index (χ2v) is 4.82. The number of non-ortho nitro benzene ring substituents is 1. The number of nitrogens with one attached hydrogen (secondary N) is 2. The molecule has 2 aromatic rings. The van der Waals surface area contributed by atoms with Crippen LogP contribution in [0, 0.1) is 15.9 Å². The number of anilines is 1. The molecule has 2 aromatic carbocycles. The number of hydrogen-bond acceptors (Lipinski definition) is 5. The van der Waals surface area contributed by atoms with Gasteiger partial charge in [0.2, 0.25) is 0 Å². The van der Waals surface area contributed by atoms with Gasteiger partial charge in [-0.15, -0.1) is 0 Å². The van der Waals surface area contributed by atoms with E-state index in [2.05, 4.69) is 10.6 Å². The Bertz CT molecular complexity index is 689. The third kappa shape index (κ3) is 5.56. The second kappa shape index (κ2) is 8.47. The molecule has 8 heteroatoms. The topological polar surface area (TPSA) is 93.5 Å². The van der Waals surface area contributed by atoms with Crippen molar-refractivity contribution in [3.05, 3.63) is 64.5 Å². The van der Waals surface area contributed by atoms with Gasteiger partial charge in [-0.05, 0) is 36.4 Å². The van der Waals surface area contributed by atoms with Gasteiger partial charge >= 0.3 is 0 Å². The van der Waals surface area contributed by atoms with E-state index >= 15 is 0 Å². The van der Waals surface area contributed by atoms with Crippen molar-refractivity contribution in [2.75, 3.05) is 25.0 Å². The molecule has 0 aromatic heterocycles. The predicted octanol–water partition coefficient (Wildman–Crippen LogP) is 2.34. The van der Waals surface area contributed by atoms with Gasteiger partial charge in [0.25, 0.3) is 11.6 Å². The smallest absolute Gasteiger partial charge is 0.269 e. The van der Waals surface area contributed by atoms with E-state index < -0.39 is 4.92 Å². The summed E-state index contributed by atoms with van der Waals surface area (Å²) in [6, 6.07) is 11.4. The molecule has 0 saturated heterocycles. The van der Waals surface area contributed by atoms with Crippen LogP contribution in [0.4, 0.5) is 15.8 Å². The summed E-state index contributed by atoms with van der Waals surface area (Å²) < 4.78 is 17.9. The average Bonchev–Trinajstić information content (AvgIpc) is 2.58. The van der Waals surface area contributed by atoms with Crippen LogP contribution in [0.25, 0.3) is 0 Å². The lowest BCUT2D eigenvalue weighted by Gasteiger charge is -2.09. The van der Waals surface area contributed by atoms with E-state index in [-0.39, 0.29) is 24.0 Å². The summed E-state index contributed by atoms with van der Waals surface area (Å²) in [6.45, 7) is 0.659. The molecule has 0 heterocycles. The molecule has 126 valence electrons. The molecule has 0 aliphatic heterocycles. The number of hydrogen-bond donors (Lipinski definition) is 2. The molecule has 0 atom stereocenters. The van der Waals surface area contributed by atoms with Crippen LogP contribution in [-0.2, 0) is 4.79 Å². The van der Waals surface area contributed by atoms with Crippen LogP contribution in [0.2, 0.25) is 0 Å². The molecule has 2 rings (SSSR count). The van der Waals surface area contributed by atoms with E-state index in [4.69, 9.17) is 4.74 Å². The molecule has 0 fully saturated rings. The Morgan fingerprint density at radius 2 is 1.75 bits per heavy atom. The van der Waals surface area contributed by atoms with E-state index in [1.165, 1.54) is 36.4 Å². The lowest BCUT2D eigenvalue weighted by molar-refractivity contribution is -0.384. The minimum atomic E-state index is -0.467. The van der Waals surface area contributed by atoms with Crippen LogP contribution in [0.5, 0.6) is 5.75 Å². The molecule has 0 unspecified atom stereocenters. The Morgan fingerprint density at radius 3 is 2.38 bits per heavy atom. The van der Waals surface area contributed by atoms with E-state index in [0.29, 0.717) is 18.8 Å². The van der Waals surface area contributed by atoms with Gasteiger partial charge in [-0.2, -0.15) is 0 Å². The van der Waals surface area contributed by atoms with Crippen LogP contribution in [0.1, 0.15) is 0 Å². The zero-order valence-corrected chi connectivity index (χ0v) is 12.7. The Labute approximate surface area is 137 Å². The van der Waals surface area contributed by atoms with Crippen molar-refractivity contribution in [3.8, 4) is 5.75 Å². The molecule has 2 N–H and O–H groups in total. The van der Waals surface area contributed by atoms with Crippen LogP contribution < -0.4 is 15.4 Å². The minimum Gasteiger partial charge on any atom is -0.484 e. The summed E-state index contributed by atoms with van der Waals surface area (Å²) in [6.07, 6.45) is 0. The highest BCUT2D eigenvalue weighted by Crippen LogP contribution is 2.14. The maximum Gasteiger partial charge on any atom is 0.269 e. The van der Waals surface area contributed by atoms with Gasteiger partial charge in [-0.25, -0.2) is 4.39 Å². The van der Waals surface area contributed by atoms with Crippen LogP contribution in [0.3, 0.4) is 0 Å². The fourth-order valence-corrected chi connectivity index (χ4v) is 1.84. The van der Waals surface area contributed by atoms with Crippen molar-refractivity contribution in [2.45, 2.75) is 0 Å². The van der Waals surface area contributed by atoms with Crippen molar-refractivity contribution >= 4 is 17.3 Å². The number of nitro groups is 1. The summed E-state index contributed by atoms with van der Waals surface area (Å²) in [7, 11) is 0. The van der Waals surface area contributed by atoms with E-state index in [9.17, 15) is 19.3 Å². The molecule has 0 aliphatic rings. The molecule has 0 spiro atoms. The largest absolute Gasteiger partial charge is 0.484 e. The number of rotatable bonds is 8. The summed E-state index contributed by atoms with van der Waals surface area (Å²) in [5.41, 5.74) is 0.740. The number of nitrogens with zero attached hydrogens (tertiary/aromatic N) is 1. The first-order chi connectivity index (χ1) is 11.5. The van der Waals surface area contributed by atoms with Gasteiger partial charge in [0, 0.05) is 30.9 Å². The van der Waals surface area contributed by atoms with E-state index in [1.54, 1.807) is 12.1 Å². The fraction of sp³-hybridized carbons (Fsp3) is 0.188. The van der Waals surface area contributed by atoms with Crippen LogP contribution in [-0.4, -0.2) is 30.5 Å². The highest BCUT2D eigenvalue weighted by Gasteiger charge is 2.04. The Hall–Kier alpha value is -3.16. The standard InChI is InChI=1S/C16H16FN3O4/c17-12-1-7-15(8-2-12)24-11-16(21)19-10-9-18-13-3-5-14(6-4-13)20(22)23/h1-8,18H,9-11H2,(H,19,21). The number of halogens is 1. The van der Waals surface area contributed by atoms with Gasteiger partial charge in [-0.1, -0.05) is 0 Å². The van der Waals surface area contributed by atoms with Crippen molar-refractivity contribution in [1.29, 1.82) is 0 Å². The molecule has 0 aliphatic carbocycles. The second-order valence-electron chi connectivity index (χ2n) is 4.82. The molecular weight excluding hydrogens is 317 g/mol. The monoisotopic (exact) mass is 333 g/mol. The average molecular weight is 333 g/mol. The Morgan fingerprint density at radius 1 is 1.08 bits per heavy atom. The highest BCUT2D eigenvalue weighted by atomic mass is 19.1. The van der Waals surface area contributed by atoms with E-state index in [1.807, 2.05) is 0 Å². The van der Waals surface area contributed by atoms with Gasteiger partial charge in [0.05, 0.1) is 4.92 Å². The van der Waals surface area contributed by atoms with Gasteiger partial charge in [0.1, 0.15) is 11.6 Å². The minimum absolute atomic E-state index is 0.0202. The maximum atomic E-state index is 12.7. The normalized spacial score (nSPS) is 10.0. The number of amides is 1. The zero-order chi connectivity index (χ0) is 17.4. The Balaban J connectivity index is 1.63. The van der Waals surface area contributed by atoms with Crippen molar-refractivity contribution in [2.24, 2.45) is 0 Å². The Kier molecular flexibility index (Phi) is 6.07. The van der Waals surface area contributed by atoms with Gasteiger partial charge in [-0.3, -0.25) is 14.9 Å². The third-order valence-electron chi connectivity index (χ3n) is 3.04. The van der Waals surface area contributed by atoms with E-state index in [0.717, 1.165) is 5.69 Å². The molecule has 7 nitrogen and oxygen atoms in total. The number of carbonyl (C=O) groups excluding carboxylic acids is 1. The number of benzene rings is 2. The molecule has 0 saturated carbocycles. The van der Waals surface area contributed by atoms with Gasteiger partial charge in [0.15, 0.2) is 6.61 Å². The summed E-state index contributed by atoms with van der Waals surface area (Å²) in [5, 5.41) is 16.2. The van der Waals surface area contributed by atoms with Crippen molar-refractivity contribution in [3.63, 3.8) is 0 Å². The lowest BCUT2D eigenvalue weighted by Crippen LogP contribution is -2.32. The quantitative estimate of drug-likeness (QED) is 0.439. The summed E-state index contributed by atoms with van der Waals surface area (Å²) in [5.74, 6) is -0.260. The zero-order valence-electron chi connectivity index (χ0n) is 12.7. The third-order valence-corrected chi connectivity index (χ3v) is 3.04. The first-order valence-corrected chi connectivity index (χ1v) is 7.18. The molecule has 24 heavy (non-hydrogen) atoms. The van der Waals surface area contributed by atoms with Gasteiger partial charge < -0.3 is 15.4 Å². The number of carbonyl (C=O) groups is 1. The predicted molar refractivity (Wildman–Crippen MR) is 86.5 cm³/mol. The summed E-state index contributed by atoms with van der Waals surface area (Å²) in [4.78, 5) is 21.7. The molecular formula is C16H16FN3O4. The molecule has 1 amide bonds. The first-order valence-electron chi connectivity index (χ1n) is 7.18. The van der Waals surface area contributed by atoms with Crippen LogP contribution >= 0.6 is 0 Å². The SMILES string of the molecule is O=C(COc1ccc(F)cc1)NCCNc1ccc([N+](=O)[O-])cc1. The lowest BCUT2D eigenvalue weighted by atomic mass is 10.3. The van der Waals surface area contributed by atoms with Crippen molar-refractivity contribution < 1.29 is 18.8 Å². The maximum absolute atomic E-state index is 12.7. The number of ether oxygens (including phenoxy) is 1. The first kappa shape index (κ1) is 17.2. The highest BCUT2D eigenvalue weighted by molar-refractivity contribution is 5.77. The van der Waals surface area contributed by atoms with Crippen molar-refractivity contribution in [1.82, 2.24) is 5.32 Å². The molecule has 0 radical (unpaired) electrons. The fourth-order valence-electron chi connectivity index (χ4n) is 1.84. The molecule has 0 bridgehead atoms. The number of nitro benzene ring substituents is 1.